The van der Waals surface area contributed by atoms with Crippen LogP contribution in [0.25, 0.3) is 10.9 Å². The molecule has 126 valence electrons. The number of hydrogen-bond acceptors (Lipinski definition) is 3. The van der Waals surface area contributed by atoms with Crippen LogP contribution in [0.2, 0.25) is 0 Å². The number of carbonyl (C=O) groups is 1. The van der Waals surface area contributed by atoms with Gasteiger partial charge in [-0.05, 0) is 23.1 Å². The van der Waals surface area contributed by atoms with Gasteiger partial charge in [0, 0.05) is 47.7 Å². The Hall–Kier alpha value is -2.86. The van der Waals surface area contributed by atoms with Crippen molar-refractivity contribution >= 4 is 28.1 Å². The fourth-order valence-corrected chi connectivity index (χ4v) is 3.92. The normalized spacial score (nSPS) is 12.4. The van der Waals surface area contributed by atoms with Gasteiger partial charge in [0.2, 0.25) is 0 Å². The van der Waals surface area contributed by atoms with E-state index in [9.17, 15) is 4.79 Å². The van der Waals surface area contributed by atoms with Crippen LogP contribution in [0.15, 0.2) is 60.4 Å². The minimum atomic E-state index is -0.102. The van der Waals surface area contributed by atoms with E-state index in [1.54, 1.807) is 35.5 Å². The van der Waals surface area contributed by atoms with E-state index in [2.05, 4.69) is 39.0 Å². The van der Waals surface area contributed by atoms with Gasteiger partial charge in [0.15, 0.2) is 0 Å². The van der Waals surface area contributed by atoms with Crippen molar-refractivity contribution in [2.45, 2.75) is 5.92 Å². The highest BCUT2D eigenvalue weighted by Gasteiger charge is 2.20. The molecule has 4 aromatic rings. The number of nitrogens with zero attached hydrogens (tertiary/aromatic N) is 2. The maximum absolute atomic E-state index is 12.4. The molecule has 4 rings (SSSR count). The molecule has 0 spiro atoms. The molecule has 25 heavy (non-hydrogen) atoms. The molecule has 3 aromatic heterocycles. The second kappa shape index (κ2) is 6.57. The van der Waals surface area contributed by atoms with Gasteiger partial charge in [0.25, 0.3) is 5.91 Å². The van der Waals surface area contributed by atoms with Crippen molar-refractivity contribution < 1.29 is 4.79 Å². The molecule has 0 saturated carbocycles. The summed E-state index contributed by atoms with van der Waals surface area (Å²) < 4.78 is 1.63. The molecule has 1 atom stereocenters. The van der Waals surface area contributed by atoms with Crippen molar-refractivity contribution in [2.24, 2.45) is 7.05 Å². The second-order valence-electron chi connectivity index (χ2n) is 5.97. The summed E-state index contributed by atoms with van der Waals surface area (Å²) in [5.74, 6) is 0.00580. The van der Waals surface area contributed by atoms with E-state index in [-0.39, 0.29) is 11.8 Å². The SMILES string of the molecule is Cn1cc(C(=O)NC[C@@H](c2cccs2)c2c[nH]c3ccccc23)cn1. The summed E-state index contributed by atoms with van der Waals surface area (Å²) in [4.78, 5) is 17.0. The lowest BCUT2D eigenvalue weighted by molar-refractivity contribution is 0.0952. The summed E-state index contributed by atoms with van der Waals surface area (Å²) >= 11 is 1.71. The molecule has 2 N–H and O–H groups in total. The Balaban J connectivity index is 1.62. The van der Waals surface area contributed by atoms with Crippen molar-refractivity contribution in [3.8, 4) is 0 Å². The van der Waals surface area contributed by atoms with E-state index in [0.717, 1.165) is 5.52 Å². The fourth-order valence-electron chi connectivity index (χ4n) is 3.07. The zero-order valence-corrected chi connectivity index (χ0v) is 14.6. The molecule has 1 amide bonds. The van der Waals surface area contributed by atoms with E-state index in [1.807, 2.05) is 24.4 Å². The van der Waals surface area contributed by atoms with Gasteiger partial charge in [-0.1, -0.05) is 24.3 Å². The van der Waals surface area contributed by atoms with Gasteiger partial charge in [-0.25, -0.2) is 0 Å². The minimum Gasteiger partial charge on any atom is -0.361 e. The molecule has 0 radical (unpaired) electrons. The summed E-state index contributed by atoms with van der Waals surface area (Å²) in [5, 5.41) is 10.4. The molecular weight excluding hydrogens is 332 g/mol. The van der Waals surface area contributed by atoms with Crippen LogP contribution >= 0.6 is 11.3 Å². The van der Waals surface area contributed by atoms with Crippen LogP contribution in [0, 0.1) is 0 Å². The number of fused-ring (bicyclic) bond motifs is 1. The lowest BCUT2D eigenvalue weighted by Gasteiger charge is -2.16. The van der Waals surface area contributed by atoms with E-state index in [4.69, 9.17) is 0 Å². The number of aryl methyl sites for hydroxylation is 1. The van der Waals surface area contributed by atoms with E-state index >= 15 is 0 Å². The van der Waals surface area contributed by atoms with Crippen LogP contribution in [0.5, 0.6) is 0 Å². The fraction of sp³-hybridized carbons (Fsp3) is 0.158. The van der Waals surface area contributed by atoms with Crippen molar-refractivity contribution in [2.75, 3.05) is 6.54 Å². The smallest absolute Gasteiger partial charge is 0.254 e. The summed E-state index contributed by atoms with van der Waals surface area (Å²) in [6.07, 6.45) is 5.35. The zero-order chi connectivity index (χ0) is 17.2. The number of amides is 1. The maximum Gasteiger partial charge on any atom is 0.254 e. The van der Waals surface area contributed by atoms with Gasteiger partial charge in [-0.3, -0.25) is 9.48 Å². The third-order valence-corrected chi connectivity index (χ3v) is 5.30. The lowest BCUT2D eigenvalue weighted by atomic mass is 9.96. The third-order valence-electron chi connectivity index (χ3n) is 4.32. The van der Waals surface area contributed by atoms with Gasteiger partial charge in [0.05, 0.1) is 11.8 Å². The van der Waals surface area contributed by atoms with Gasteiger partial charge in [-0.15, -0.1) is 11.3 Å². The molecule has 1 aromatic carbocycles. The summed E-state index contributed by atoms with van der Waals surface area (Å²) in [5.41, 5.74) is 2.88. The van der Waals surface area contributed by atoms with Gasteiger partial charge in [-0.2, -0.15) is 5.10 Å². The minimum absolute atomic E-state index is 0.102. The van der Waals surface area contributed by atoms with Crippen molar-refractivity contribution in [3.05, 3.63) is 76.4 Å². The molecule has 0 bridgehead atoms. The lowest BCUT2D eigenvalue weighted by Crippen LogP contribution is -2.28. The number of hydrogen-bond donors (Lipinski definition) is 2. The Morgan fingerprint density at radius 3 is 2.96 bits per heavy atom. The largest absolute Gasteiger partial charge is 0.361 e. The zero-order valence-electron chi connectivity index (χ0n) is 13.8. The van der Waals surface area contributed by atoms with Crippen LogP contribution < -0.4 is 5.32 Å². The Morgan fingerprint density at radius 2 is 2.20 bits per heavy atom. The summed E-state index contributed by atoms with van der Waals surface area (Å²) in [6.45, 7) is 0.538. The van der Waals surface area contributed by atoms with Crippen molar-refractivity contribution in [3.63, 3.8) is 0 Å². The monoisotopic (exact) mass is 350 g/mol. The molecule has 0 saturated heterocycles. The number of carbonyl (C=O) groups excluding carboxylic acids is 1. The second-order valence-corrected chi connectivity index (χ2v) is 6.95. The van der Waals surface area contributed by atoms with Gasteiger partial charge in [0.1, 0.15) is 0 Å². The topological polar surface area (TPSA) is 62.7 Å². The number of para-hydroxylation sites is 1. The Bertz CT molecular complexity index is 999. The van der Waals surface area contributed by atoms with Gasteiger partial charge < -0.3 is 10.3 Å². The first-order valence-corrected chi connectivity index (χ1v) is 8.96. The van der Waals surface area contributed by atoms with E-state index < -0.39 is 0 Å². The Kier molecular flexibility index (Phi) is 4.11. The predicted octanol–water partition coefficient (Wildman–Crippen LogP) is 3.52. The summed E-state index contributed by atoms with van der Waals surface area (Å²) in [7, 11) is 1.80. The average molecular weight is 350 g/mol. The molecule has 6 heteroatoms. The number of rotatable bonds is 5. The standard InChI is InChI=1S/C19H18N4OS/c1-23-12-13(9-22-23)19(24)21-11-16(18-7-4-8-25-18)15-10-20-17-6-3-2-5-14(15)17/h2-10,12,16,20H,11H2,1H3,(H,21,24)/t16-/m1/s1. The molecule has 0 fully saturated rings. The molecule has 0 unspecified atom stereocenters. The number of thiophene rings is 1. The van der Waals surface area contributed by atoms with Crippen molar-refractivity contribution in [1.82, 2.24) is 20.1 Å². The molecule has 0 aliphatic heterocycles. The van der Waals surface area contributed by atoms with Crippen LogP contribution in [0.1, 0.15) is 26.7 Å². The van der Waals surface area contributed by atoms with Crippen LogP contribution in [-0.2, 0) is 7.05 Å². The Morgan fingerprint density at radius 1 is 1.32 bits per heavy atom. The maximum atomic E-state index is 12.4. The number of aromatic nitrogens is 3. The third kappa shape index (κ3) is 3.08. The van der Waals surface area contributed by atoms with Crippen LogP contribution in [-0.4, -0.2) is 27.2 Å². The van der Waals surface area contributed by atoms with Crippen LogP contribution in [0.3, 0.4) is 0 Å². The molecule has 0 aliphatic carbocycles. The molecular formula is C19H18N4OS. The van der Waals surface area contributed by atoms with Crippen LogP contribution in [0.4, 0.5) is 0 Å². The summed E-state index contributed by atoms with van der Waals surface area (Å²) in [6, 6.07) is 12.4. The van der Waals surface area contributed by atoms with Gasteiger partial charge >= 0.3 is 0 Å². The number of nitrogens with one attached hydrogen (secondary N) is 2. The predicted molar refractivity (Wildman–Crippen MR) is 100 cm³/mol. The first-order chi connectivity index (χ1) is 12.2. The molecule has 3 heterocycles. The van der Waals surface area contributed by atoms with Crippen molar-refractivity contribution in [1.29, 1.82) is 0 Å². The number of aromatic amines is 1. The first-order valence-electron chi connectivity index (χ1n) is 8.08. The molecule has 0 aliphatic rings. The highest BCUT2D eigenvalue weighted by Crippen LogP contribution is 2.32. The quantitative estimate of drug-likeness (QED) is 0.578. The number of H-pyrrole nitrogens is 1. The highest BCUT2D eigenvalue weighted by atomic mass is 32.1. The van der Waals surface area contributed by atoms with E-state index in [0.29, 0.717) is 12.1 Å². The average Bonchev–Trinajstić information content (AvgIpc) is 3.36. The van der Waals surface area contributed by atoms with E-state index in [1.165, 1.54) is 15.8 Å². The molecule has 5 nitrogen and oxygen atoms in total. The first kappa shape index (κ1) is 15.7. The highest BCUT2D eigenvalue weighted by molar-refractivity contribution is 7.10. The Labute approximate surface area is 149 Å². The number of benzene rings is 1.